The summed E-state index contributed by atoms with van der Waals surface area (Å²) in [6, 6.07) is 9.71. The molecule has 5 heteroatoms. The molecule has 1 N–H and O–H groups in total. The molecule has 1 saturated heterocycles. The van der Waals surface area contributed by atoms with Gasteiger partial charge in [-0.05, 0) is 42.6 Å². The Morgan fingerprint density at radius 2 is 2.00 bits per heavy atom. The van der Waals surface area contributed by atoms with Gasteiger partial charge in [-0.1, -0.05) is 30.7 Å². The zero-order valence-corrected chi connectivity index (χ0v) is 12.7. The second-order valence-electron chi connectivity index (χ2n) is 5.96. The highest BCUT2D eigenvalue weighted by Gasteiger charge is 2.30. The fourth-order valence-electron chi connectivity index (χ4n) is 2.95. The molecule has 0 bridgehead atoms. The van der Waals surface area contributed by atoms with Crippen LogP contribution in [0.1, 0.15) is 47.7 Å². The van der Waals surface area contributed by atoms with Crippen LogP contribution in [0.25, 0.3) is 0 Å². The van der Waals surface area contributed by atoms with E-state index in [9.17, 15) is 13.2 Å². The van der Waals surface area contributed by atoms with Crippen LogP contribution in [0.15, 0.2) is 42.6 Å². The molecule has 1 atom stereocenters. The smallest absolute Gasteiger partial charge is 0.310 e. The van der Waals surface area contributed by atoms with E-state index in [4.69, 9.17) is 0 Å². The highest BCUT2D eigenvalue weighted by atomic mass is 19.4. The van der Waals surface area contributed by atoms with Gasteiger partial charge < -0.3 is 5.32 Å². The summed E-state index contributed by atoms with van der Waals surface area (Å²) in [6.07, 6.45) is 1.46. The summed E-state index contributed by atoms with van der Waals surface area (Å²) >= 11 is 0. The molecular formula is C18H19F3N2. The van der Waals surface area contributed by atoms with Crippen molar-refractivity contribution in [1.29, 1.82) is 0 Å². The molecular weight excluding hydrogens is 301 g/mol. The third-order valence-electron chi connectivity index (χ3n) is 4.20. The van der Waals surface area contributed by atoms with Crippen molar-refractivity contribution in [2.24, 2.45) is 0 Å². The van der Waals surface area contributed by atoms with Crippen molar-refractivity contribution >= 4 is 0 Å². The number of aromatic nitrogens is 1. The first-order valence-corrected chi connectivity index (χ1v) is 7.87. The van der Waals surface area contributed by atoms with E-state index in [-0.39, 0.29) is 0 Å². The predicted molar refractivity (Wildman–Crippen MR) is 83.1 cm³/mol. The number of hydrogen-bond acceptors (Lipinski definition) is 2. The zero-order chi connectivity index (χ0) is 16.3. The van der Waals surface area contributed by atoms with Crippen LogP contribution >= 0.6 is 0 Å². The lowest BCUT2D eigenvalue weighted by molar-refractivity contribution is -0.137. The molecule has 1 aromatic heterocycles. The largest absolute Gasteiger partial charge is 0.416 e. The summed E-state index contributed by atoms with van der Waals surface area (Å²) in [4.78, 5) is 4.42. The third kappa shape index (κ3) is 4.10. The predicted octanol–water partition coefficient (Wildman–Crippen LogP) is 4.51. The quantitative estimate of drug-likeness (QED) is 0.900. The molecule has 0 spiro atoms. The van der Waals surface area contributed by atoms with Crippen molar-refractivity contribution in [3.63, 3.8) is 0 Å². The molecule has 0 radical (unpaired) electrons. The normalized spacial score (nSPS) is 18.8. The Balaban J connectivity index is 1.71. The minimum Gasteiger partial charge on any atom is -0.310 e. The van der Waals surface area contributed by atoms with E-state index in [1.54, 1.807) is 6.07 Å². The van der Waals surface area contributed by atoms with Gasteiger partial charge in [0.15, 0.2) is 0 Å². The van der Waals surface area contributed by atoms with Gasteiger partial charge in [-0.2, -0.15) is 13.2 Å². The van der Waals surface area contributed by atoms with E-state index >= 15 is 0 Å². The van der Waals surface area contributed by atoms with E-state index < -0.39 is 11.7 Å². The van der Waals surface area contributed by atoms with E-state index in [2.05, 4.69) is 10.3 Å². The SMILES string of the molecule is FC(F)(F)c1cccc(Cc2ccc([C@H]3CCCCN3)cn2)c1. The Labute approximate surface area is 133 Å². The van der Waals surface area contributed by atoms with Crippen LogP contribution in [0.4, 0.5) is 13.2 Å². The first-order valence-electron chi connectivity index (χ1n) is 7.87. The summed E-state index contributed by atoms with van der Waals surface area (Å²) in [7, 11) is 0. The van der Waals surface area contributed by atoms with Crippen molar-refractivity contribution in [1.82, 2.24) is 10.3 Å². The molecule has 2 aromatic rings. The van der Waals surface area contributed by atoms with Crippen LogP contribution in [-0.2, 0) is 12.6 Å². The number of pyridine rings is 1. The van der Waals surface area contributed by atoms with Gasteiger partial charge in [0.1, 0.15) is 0 Å². The summed E-state index contributed by atoms with van der Waals surface area (Å²) in [5, 5.41) is 3.46. The number of nitrogens with zero attached hydrogens (tertiary/aromatic N) is 1. The molecule has 0 unspecified atom stereocenters. The third-order valence-corrected chi connectivity index (χ3v) is 4.20. The highest BCUT2D eigenvalue weighted by molar-refractivity contribution is 5.29. The first-order chi connectivity index (χ1) is 11.0. The average Bonchev–Trinajstić information content (AvgIpc) is 2.56. The number of rotatable bonds is 3. The molecule has 3 rings (SSSR count). The maximum absolute atomic E-state index is 12.7. The van der Waals surface area contributed by atoms with Gasteiger partial charge in [0.05, 0.1) is 5.56 Å². The first kappa shape index (κ1) is 16.0. The molecule has 122 valence electrons. The number of alkyl halides is 3. The summed E-state index contributed by atoms with van der Waals surface area (Å²) in [5.41, 5.74) is 1.94. The van der Waals surface area contributed by atoms with E-state index in [1.165, 1.54) is 25.0 Å². The Bertz CT molecular complexity index is 644. The number of hydrogen-bond donors (Lipinski definition) is 1. The maximum Gasteiger partial charge on any atom is 0.416 e. The lowest BCUT2D eigenvalue weighted by Gasteiger charge is -2.23. The van der Waals surface area contributed by atoms with Gasteiger partial charge in [-0.15, -0.1) is 0 Å². The minimum atomic E-state index is -4.31. The zero-order valence-electron chi connectivity index (χ0n) is 12.7. The second-order valence-corrected chi connectivity index (χ2v) is 5.96. The van der Waals surface area contributed by atoms with Crippen LogP contribution in [0.3, 0.4) is 0 Å². The van der Waals surface area contributed by atoms with Gasteiger partial charge in [0, 0.05) is 24.4 Å². The number of halogens is 3. The Kier molecular flexibility index (Phi) is 4.66. The van der Waals surface area contributed by atoms with Crippen molar-refractivity contribution in [3.05, 3.63) is 65.0 Å². The standard InChI is InChI=1S/C18H19F3N2/c19-18(20,21)15-5-3-4-13(10-15)11-16-8-7-14(12-23-16)17-6-1-2-9-22-17/h3-5,7-8,10,12,17,22H,1-2,6,9,11H2/t17-/m1/s1. The molecule has 2 nitrogen and oxygen atoms in total. The van der Waals surface area contributed by atoms with Crippen molar-refractivity contribution in [2.75, 3.05) is 6.54 Å². The molecule has 1 aliphatic heterocycles. The molecule has 0 aliphatic carbocycles. The molecule has 0 amide bonds. The molecule has 23 heavy (non-hydrogen) atoms. The minimum absolute atomic E-state index is 0.346. The van der Waals surface area contributed by atoms with E-state index in [1.807, 2.05) is 18.3 Å². The Morgan fingerprint density at radius 1 is 1.13 bits per heavy atom. The van der Waals surface area contributed by atoms with Crippen LogP contribution in [0.5, 0.6) is 0 Å². The van der Waals surface area contributed by atoms with Crippen molar-refractivity contribution in [3.8, 4) is 0 Å². The number of piperidine rings is 1. The number of nitrogens with one attached hydrogen (secondary N) is 1. The Hall–Kier alpha value is -1.88. The van der Waals surface area contributed by atoms with Gasteiger partial charge >= 0.3 is 6.18 Å². The monoisotopic (exact) mass is 320 g/mol. The fraction of sp³-hybridized carbons (Fsp3) is 0.389. The lowest BCUT2D eigenvalue weighted by Crippen LogP contribution is -2.26. The Morgan fingerprint density at radius 3 is 2.65 bits per heavy atom. The van der Waals surface area contributed by atoms with Gasteiger partial charge in [0.2, 0.25) is 0 Å². The fourth-order valence-corrected chi connectivity index (χ4v) is 2.95. The van der Waals surface area contributed by atoms with Crippen LogP contribution < -0.4 is 5.32 Å². The van der Waals surface area contributed by atoms with Crippen LogP contribution in [0.2, 0.25) is 0 Å². The molecule has 1 aliphatic rings. The molecule has 2 heterocycles. The summed E-state index contributed by atoms with van der Waals surface area (Å²) in [5.74, 6) is 0. The topological polar surface area (TPSA) is 24.9 Å². The molecule has 0 saturated carbocycles. The maximum atomic E-state index is 12.7. The highest BCUT2D eigenvalue weighted by Crippen LogP contribution is 2.30. The van der Waals surface area contributed by atoms with Gasteiger partial charge in [0.25, 0.3) is 0 Å². The van der Waals surface area contributed by atoms with Crippen LogP contribution in [-0.4, -0.2) is 11.5 Å². The number of benzene rings is 1. The summed E-state index contributed by atoms with van der Waals surface area (Å²) in [6.45, 7) is 1.02. The molecule has 1 fully saturated rings. The van der Waals surface area contributed by atoms with Gasteiger partial charge in [-0.3, -0.25) is 4.98 Å². The van der Waals surface area contributed by atoms with Crippen molar-refractivity contribution < 1.29 is 13.2 Å². The summed E-state index contributed by atoms with van der Waals surface area (Å²) < 4.78 is 38.2. The molecule has 1 aromatic carbocycles. The van der Waals surface area contributed by atoms with Crippen LogP contribution in [0, 0.1) is 0 Å². The van der Waals surface area contributed by atoms with Crippen molar-refractivity contribution in [2.45, 2.75) is 37.9 Å². The van der Waals surface area contributed by atoms with E-state index in [0.717, 1.165) is 30.3 Å². The van der Waals surface area contributed by atoms with Gasteiger partial charge in [-0.25, -0.2) is 0 Å². The average molecular weight is 320 g/mol. The lowest BCUT2D eigenvalue weighted by atomic mass is 9.98. The second kappa shape index (κ2) is 6.71. The van der Waals surface area contributed by atoms with E-state index in [0.29, 0.717) is 18.0 Å².